The zero-order valence-electron chi connectivity index (χ0n) is 11.1. The maximum Gasteiger partial charge on any atom is 0.169 e. The molecule has 0 radical (unpaired) electrons. The molecule has 0 bridgehead atoms. The average Bonchev–Trinajstić information content (AvgIpc) is 2.47. The molecule has 0 aliphatic heterocycles. The number of hydrogen-bond donors (Lipinski definition) is 1. The van der Waals surface area contributed by atoms with Gasteiger partial charge in [0.2, 0.25) is 0 Å². The van der Waals surface area contributed by atoms with Crippen LogP contribution in [0.5, 0.6) is 5.75 Å². The van der Waals surface area contributed by atoms with E-state index in [1.165, 1.54) is 6.07 Å². The van der Waals surface area contributed by atoms with Crippen molar-refractivity contribution in [3.8, 4) is 11.8 Å². The summed E-state index contributed by atoms with van der Waals surface area (Å²) in [4.78, 5) is 4.16. The van der Waals surface area contributed by atoms with E-state index in [2.05, 4.69) is 10.3 Å². The van der Waals surface area contributed by atoms with Crippen molar-refractivity contribution in [1.82, 2.24) is 4.98 Å². The minimum Gasteiger partial charge on any atom is -0.490 e. The topological polar surface area (TPSA) is 57.9 Å². The number of aromatic nitrogens is 1. The molecule has 0 aliphatic rings. The van der Waals surface area contributed by atoms with E-state index in [0.29, 0.717) is 29.3 Å². The van der Waals surface area contributed by atoms with E-state index in [-0.39, 0.29) is 6.54 Å². The molecule has 0 saturated heterocycles. The maximum atomic E-state index is 13.7. The monoisotopic (exact) mass is 271 g/mol. The van der Waals surface area contributed by atoms with Crippen molar-refractivity contribution in [3.63, 3.8) is 0 Å². The first-order valence-corrected chi connectivity index (χ1v) is 6.24. The lowest BCUT2D eigenvalue weighted by molar-refractivity contribution is 0.340. The van der Waals surface area contributed by atoms with Crippen LogP contribution in [0.15, 0.2) is 36.5 Å². The summed E-state index contributed by atoms with van der Waals surface area (Å²) in [6.07, 6.45) is 1.64. The van der Waals surface area contributed by atoms with Crippen molar-refractivity contribution >= 4 is 5.82 Å². The zero-order valence-corrected chi connectivity index (χ0v) is 11.1. The van der Waals surface area contributed by atoms with Gasteiger partial charge in [-0.3, -0.25) is 0 Å². The van der Waals surface area contributed by atoms with E-state index in [1.54, 1.807) is 30.5 Å². The SMILES string of the molecule is CCOc1cccnc1NCc1ccc(C#N)cc1F. The minimum atomic E-state index is -0.412. The van der Waals surface area contributed by atoms with E-state index in [9.17, 15) is 4.39 Å². The van der Waals surface area contributed by atoms with E-state index in [0.717, 1.165) is 0 Å². The van der Waals surface area contributed by atoms with Crippen molar-refractivity contribution in [2.75, 3.05) is 11.9 Å². The van der Waals surface area contributed by atoms with Gasteiger partial charge in [-0.25, -0.2) is 9.37 Å². The van der Waals surface area contributed by atoms with Crippen molar-refractivity contribution in [2.24, 2.45) is 0 Å². The van der Waals surface area contributed by atoms with Crippen LogP contribution in [0.3, 0.4) is 0 Å². The predicted octanol–water partition coefficient (Wildman–Crippen LogP) is 3.10. The van der Waals surface area contributed by atoms with Crippen LogP contribution in [0.1, 0.15) is 18.1 Å². The number of anilines is 1. The summed E-state index contributed by atoms with van der Waals surface area (Å²) >= 11 is 0. The van der Waals surface area contributed by atoms with Crippen LogP contribution in [0.2, 0.25) is 0 Å². The largest absolute Gasteiger partial charge is 0.490 e. The number of nitrogens with zero attached hydrogens (tertiary/aromatic N) is 2. The molecular formula is C15H14FN3O. The number of rotatable bonds is 5. The molecular weight excluding hydrogens is 257 g/mol. The summed E-state index contributed by atoms with van der Waals surface area (Å²) in [5.41, 5.74) is 0.774. The molecule has 0 atom stereocenters. The molecule has 0 aliphatic carbocycles. The van der Waals surface area contributed by atoms with Crippen LogP contribution in [0, 0.1) is 17.1 Å². The first-order valence-electron chi connectivity index (χ1n) is 6.24. The Bertz CT molecular complexity index is 637. The Balaban J connectivity index is 2.11. The van der Waals surface area contributed by atoms with Gasteiger partial charge in [-0.2, -0.15) is 5.26 Å². The number of halogens is 1. The lowest BCUT2D eigenvalue weighted by Gasteiger charge is -2.11. The quantitative estimate of drug-likeness (QED) is 0.907. The summed E-state index contributed by atoms with van der Waals surface area (Å²) in [6, 6.07) is 9.87. The second kappa shape index (κ2) is 6.53. The number of pyridine rings is 1. The van der Waals surface area contributed by atoms with Crippen molar-refractivity contribution in [3.05, 3.63) is 53.5 Å². The summed E-state index contributed by atoms with van der Waals surface area (Å²) < 4.78 is 19.2. The Hall–Kier alpha value is -2.61. The van der Waals surface area contributed by atoms with Gasteiger partial charge in [-0.05, 0) is 31.2 Å². The first-order chi connectivity index (χ1) is 9.74. The fourth-order valence-electron chi connectivity index (χ4n) is 1.73. The van der Waals surface area contributed by atoms with Gasteiger partial charge in [-0.1, -0.05) is 6.07 Å². The maximum absolute atomic E-state index is 13.7. The van der Waals surface area contributed by atoms with Crippen molar-refractivity contribution in [2.45, 2.75) is 13.5 Å². The minimum absolute atomic E-state index is 0.272. The highest BCUT2D eigenvalue weighted by molar-refractivity contribution is 5.50. The van der Waals surface area contributed by atoms with Gasteiger partial charge < -0.3 is 10.1 Å². The van der Waals surface area contributed by atoms with Gasteiger partial charge in [0, 0.05) is 18.3 Å². The van der Waals surface area contributed by atoms with E-state index in [4.69, 9.17) is 10.00 Å². The zero-order chi connectivity index (χ0) is 14.4. The van der Waals surface area contributed by atoms with Gasteiger partial charge in [0.25, 0.3) is 0 Å². The second-order valence-electron chi connectivity index (χ2n) is 4.05. The number of ether oxygens (including phenoxy) is 1. The normalized spacial score (nSPS) is 9.85. The molecule has 102 valence electrons. The van der Waals surface area contributed by atoms with Crippen molar-refractivity contribution in [1.29, 1.82) is 5.26 Å². The van der Waals surface area contributed by atoms with Gasteiger partial charge >= 0.3 is 0 Å². The molecule has 0 unspecified atom stereocenters. The summed E-state index contributed by atoms with van der Waals surface area (Å²) in [5, 5.41) is 11.7. The molecule has 0 spiro atoms. The third-order valence-electron chi connectivity index (χ3n) is 2.70. The number of benzene rings is 1. The number of nitriles is 1. The fourth-order valence-corrected chi connectivity index (χ4v) is 1.73. The third-order valence-corrected chi connectivity index (χ3v) is 2.70. The third kappa shape index (κ3) is 3.23. The van der Waals surface area contributed by atoms with Gasteiger partial charge in [0.15, 0.2) is 11.6 Å². The van der Waals surface area contributed by atoms with E-state index in [1.807, 2.05) is 13.0 Å². The summed E-state index contributed by atoms with van der Waals surface area (Å²) in [5.74, 6) is 0.785. The van der Waals surface area contributed by atoms with Crippen LogP contribution in [-0.4, -0.2) is 11.6 Å². The van der Waals surface area contributed by atoms with Crippen LogP contribution < -0.4 is 10.1 Å². The Labute approximate surface area is 116 Å². The smallest absolute Gasteiger partial charge is 0.169 e. The Morgan fingerprint density at radius 1 is 1.40 bits per heavy atom. The molecule has 2 rings (SSSR count). The highest BCUT2D eigenvalue weighted by Crippen LogP contribution is 2.22. The summed E-state index contributed by atoms with van der Waals surface area (Å²) in [7, 11) is 0. The van der Waals surface area contributed by atoms with Crippen LogP contribution in [0.25, 0.3) is 0 Å². The molecule has 1 N–H and O–H groups in total. The molecule has 0 amide bonds. The van der Waals surface area contributed by atoms with E-state index >= 15 is 0 Å². The molecule has 0 saturated carbocycles. The number of nitrogens with one attached hydrogen (secondary N) is 1. The molecule has 0 fully saturated rings. The Morgan fingerprint density at radius 3 is 2.95 bits per heavy atom. The molecule has 1 heterocycles. The Kier molecular flexibility index (Phi) is 4.51. The van der Waals surface area contributed by atoms with Crippen LogP contribution in [0.4, 0.5) is 10.2 Å². The lowest BCUT2D eigenvalue weighted by Crippen LogP contribution is -2.06. The van der Waals surface area contributed by atoms with Crippen molar-refractivity contribution < 1.29 is 9.13 Å². The highest BCUT2D eigenvalue weighted by Gasteiger charge is 2.07. The molecule has 20 heavy (non-hydrogen) atoms. The summed E-state index contributed by atoms with van der Waals surface area (Å²) in [6.45, 7) is 2.69. The van der Waals surface area contributed by atoms with Crippen LogP contribution >= 0.6 is 0 Å². The highest BCUT2D eigenvalue weighted by atomic mass is 19.1. The average molecular weight is 271 g/mol. The second-order valence-corrected chi connectivity index (χ2v) is 4.05. The molecule has 1 aromatic carbocycles. The van der Waals surface area contributed by atoms with Gasteiger partial charge in [0.05, 0.1) is 18.2 Å². The molecule has 5 heteroatoms. The van der Waals surface area contributed by atoms with Gasteiger partial charge in [0.1, 0.15) is 5.82 Å². The van der Waals surface area contributed by atoms with Crippen LogP contribution in [-0.2, 0) is 6.54 Å². The predicted molar refractivity (Wildman–Crippen MR) is 73.8 cm³/mol. The molecule has 1 aromatic heterocycles. The first kappa shape index (κ1) is 13.8. The van der Waals surface area contributed by atoms with Gasteiger partial charge in [-0.15, -0.1) is 0 Å². The lowest BCUT2D eigenvalue weighted by atomic mass is 10.1. The number of hydrogen-bond acceptors (Lipinski definition) is 4. The molecule has 2 aromatic rings. The Morgan fingerprint density at radius 2 is 2.25 bits per heavy atom. The van der Waals surface area contributed by atoms with E-state index < -0.39 is 5.82 Å². The molecule has 4 nitrogen and oxygen atoms in total. The standard InChI is InChI=1S/C15H14FN3O/c1-2-20-14-4-3-7-18-15(14)19-10-12-6-5-11(9-17)8-13(12)16/h3-8H,2,10H2,1H3,(H,18,19). The fraction of sp³-hybridized carbons (Fsp3) is 0.200.